The fourth-order valence-electron chi connectivity index (χ4n) is 1.11. The van der Waals surface area contributed by atoms with Crippen molar-refractivity contribution in [1.29, 1.82) is 0 Å². The summed E-state index contributed by atoms with van der Waals surface area (Å²) in [6.07, 6.45) is 8.47. The summed E-state index contributed by atoms with van der Waals surface area (Å²) < 4.78 is 0. The molecule has 0 bridgehead atoms. The molecule has 0 aromatic carbocycles. The predicted molar refractivity (Wildman–Crippen MR) is 49.8 cm³/mol. The van der Waals surface area contributed by atoms with E-state index < -0.39 is 0 Å². The van der Waals surface area contributed by atoms with Gasteiger partial charge in [-0.05, 0) is 24.8 Å². The van der Waals surface area contributed by atoms with Gasteiger partial charge < -0.3 is 5.11 Å². The number of unbranched alkanes of at least 4 members (excludes halogenated alkanes) is 3. The fraction of sp³-hybridized carbons (Fsp3) is 0.800. The molecule has 66 valence electrons. The van der Waals surface area contributed by atoms with E-state index in [1.54, 1.807) is 0 Å². The molecule has 0 rings (SSSR count). The van der Waals surface area contributed by atoms with Crippen LogP contribution in [0.25, 0.3) is 0 Å². The van der Waals surface area contributed by atoms with Gasteiger partial charge in [0.15, 0.2) is 0 Å². The Morgan fingerprint density at radius 3 is 2.36 bits per heavy atom. The van der Waals surface area contributed by atoms with E-state index in [9.17, 15) is 0 Å². The van der Waals surface area contributed by atoms with Crippen molar-refractivity contribution < 1.29 is 5.11 Å². The highest BCUT2D eigenvalue weighted by Gasteiger charge is 1.93. The Labute approximate surface area is 70.1 Å². The van der Waals surface area contributed by atoms with Gasteiger partial charge >= 0.3 is 0 Å². The SMILES string of the molecule is CCCCCCC(=CO)CC. The van der Waals surface area contributed by atoms with E-state index in [2.05, 4.69) is 13.8 Å². The van der Waals surface area contributed by atoms with Gasteiger partial charge in [0.1, 0.15) is 0 Å². The van der Waals surface area contributed by atoms with Crippen LogP contribution < -0.4 is 0 Å². The van der Waals surface area contributed by atoms with Crippen molar-refractivity contribution in [2.75, 3.05) is 0 Å². The number of hydrogen-bond acceptors (Lipinski definition) is 1. The van der Waals surface area contributed by atoms with Crippen LogP contribution in [0.3, 0.4) is 0 Å². The lowest BCUT2D eigenvalue weighted by molar-refractivity contribution is 0.460. The summed E-state index contributed by atoms with van der Waals surface area (Å²) in [5.74, 6) is 0. The third-order valence-electron chi connectivity index (χ3n) is 1.99. The number of rotatable bonds is 6. The van der Waals surface area contributed by atoms with Crippen LogP contribution in [0.4, 0.5) is 0 Å². The predicted octanol–water partition coefficient (Wildman–Crippen LogP) is 3.81. The zero-order chi connectivity index (χ0) is 8.53. The molecule has 0 atom stereocenters. The van der Waals surface area contributed by atoms with E-state index in [-0.39, 0.29) is 0 Å². The molecule has 0 saturated heterocycles. The van der Waals surface area contributed by atoms with Crippen molar-refractivity contribution in [3.8, 4) is 0 Å². The van der Waals surface area contributed by atoms with Crippen LogP contribution in [0, 0.1) is 0 Å². The Kier molecular flexibility index (Phi) is 7.33. The first-order valence-corrected chi connectivity index (χ1v) is 4.67. The van der Waals surface area contributed by atoms with Crippen molar-refractivity contribution >= 4 is 0 Å². The molecule has 1 N–H and O–H groups in total. The van der Waals surface area contributed by atoms with Crippen LogP contribution in [0.15, 0.2) is 11.8 Å². The third kappa shape index (κ3) is 5.96. The van der Waals surface area contributed by atoms with E-state index in [1.807, 2.05) is 0 Å². The molecule has 0 heterocycles. The Bertz CT molecular complexity index is 105. The van der Waals surface area contributed by atoms with E-state index in [0.717, 1.165) is 12.8 Å². The molecule has 0 radical (unpaired) electrons. The number of allylic oxidation sites excluding steroid dienone is 1. The van der Waals surface area contributed by atoms with Gasteiger partial charge in [-0.25, -0.2) is 0 Å². The van der Waals surface area contributed by atoms with Crippen LogP contribution in [0.5, 0.6) is 0 Å². The molecule has 11 heavy (non-hydrogen) atoms. The largest absolute Gasteiger partial charge is 0.516 e. The topological polar surface area (TPSA) is 20.2 Å². The molecule has 0 fully saturated rings. The second kappa shape index (κ2) is 7.64. The first kappa shape index (κ1) is 10.5. The van der Waals surface area contributed by atoms with E-state index in [4.69, 9.17) is 5.11 Å². The molecule has 0 aliphatic heterocycles. The van der Waals surface area contributed by atoms with Gasteiger partial charge in [0.25, 0.3) is 0 Å². The second-order valence-electron chi connectivity index (χ2n) is 2.95. The minimum atomic E-state index is 0.989. The first-order chi connectivity index (χ1) is 5.35. The van der Waals surface area contributed by atoms with Crippen LogP contribution in [0.2, 0.25) is 0 Å². The average molecular weight is 156 g/mol. The molecule has 0 aromatic rings. The van der Waals surface area contributed by atoms with Crippen LogP contribution in [-0.4, -0.2) is 5.11 Å². The van der Waals surface area contributed by atoms with Crippen LogP contribution in [0.1, 0.15) is 52.4 Å². The van der Waals surface area contributed by atoms with Gasteiger partial charge in [-0.1, -0.05) is 33.1 Å². The minimum absolute atomic E-state index is 0.989. The first-order valence-electron chi connectivity index (χ1n) is 4.67. The summed E-state index contributed by atoms with van der Waals surface area (Å²) in [5.41, 5.74) is 1.18. The fourth-order valence-corrected chi connectivity index (χ4v) is 1.11. The highest BCUT2D eigenvalue weighted by atomic mass is 16.2. The summed E-state index contributed by atoms with van der Waals surface area (Å²) in [6, 6.07) is 0. The Morgan fingerprint density at radius 2 is 1.91 bits per heavy atom. The number of aliphatic hydroxyl groups is 1. The van der Waals surface area contributed by atoms with Crippen molar-refractivity contribution in [2.24, 2.45) is 0 Å². The molecule has 0 aliphatic rings. The quantitative estimate of drug-likeness (QED) is 0.458. The monoisotopic (exact) mass is 156 g/mol. The smallest absolute Gasteiger partial charge is 0.0783 e. The van der Waals surface area contributed by atoms with E-state index in [0.29, 0.717) is 0 Å². The molecular formula is C10H20O. The molecule has 0 amide bonds. The summed E-state index contributed by atoms with van der Waals surface area (Å²) in [5, 5.41) is 8.72. The van der Waals surface area contributed by atoms with E-state index in [1.165, 1.54) is 37.5 Å². The lowest BCUT2D eigenvalue weighted by Crippen LogP contribution is -1.82. The van der Waals surface area contributed by atoms with Crippen molar-refractivity contribution in [3.63, 3.8) is 0 Å². The highest BCUT2D eigenvalue weighted by Crippen LogP contribution is 2.11. The van der Waals surface area contributed by atoms with Crippen molar-refractivity contribution in [1.82, 2.24) is 0 Å². The molecule has 0 unspecified atom stereocenters. The second-order valence-corrected chi connectivity index (χ2v) is 2.95. The Balaban J connectivity index is 3.22. The maximum atomic E-state index is 8.72. The molecule has 1 heteroatoms. The molecule has 0 aliphatic carbocycles. The van der Waals surface area contributed by atoms with Crippen LogP contribution in [-0.2, 0) is 0 Å². The van der Waals surface area contributed by atoms with Crippen molar-refractivity contribution in [3.05, 3.63) is 11.8 Å². The van der Waals surface area contributed by atoms with Gasteiger partial charge in [0, 0.05) is 0 Å². The molecule has 0 saturated carbocycles. The zero-order valence-electron chi connectivity index (χ0n) is 7.77. The minimum Gasteiger partial charge on any atom is -0.516 e. The van der Waals surface area contributed by atoms with E-state index >= 15 is 0 Å². The lowest BCUT2D eigenvalue weighted by Gasteiger charge is -2.01. The molecule has 0 aromatic heterocycles. The maximum Gasteiger partial charge on any atom is 0.0783 e. The third-order valence-corrected chi connectivity index (χ3v) is 1.99. The molecular weight excluding hydrogens is 136 g/mol. The van der Waals surface area contributed by atoms with Gasteiger partial charge in [0.2, 0.25) is 0 Å². The average Bonchev–Trinajstić information content (AvgIpc) is 2.05. The van der Waals surface area contributed by atoms with Gasteiger partial charge in [-0.15, -0.1) is 0 Å². The van der Waals surface area contributed by atoms with Gasteiger partial charge in [-0.2, -0.15) is 0 Å². The zero-order valence-corrected chi connectivity index (χ0v) is 7.77. The lowest BCUT2D eigenvalue weighted by atomic mass is 10.1. The number of aliphatic hydroxyl groups excluding tert-OH is 1. The summed E-state index contributed by atoms with van der Waals surface area (Å²) in [6.45, 7) is 4.30. The normalized spacial score (nSPS) is 12.0. The van der Waals surface area contributed by atoms with Gasteiger partial charge in [0.05, 0.1) is 6.26 Å². The standard InChI is InChI=1S/C10H20O/c1-3-5-6-7-8-10(4-2)9-11/h9,11H,3-8H2,1-2H3. The Hall–Kier alpha value is -0.460. The summed E-state index contributed by atoms with van der Waals surface area (Å²) in [4.78, 5) is 0. The summed E-state index contributed by atoms with van der Waals surface area (Å²) >= 11 is 0. The summed E-state index contributed by atoms with van der Waals surface area (Å²) in [7, 11) is 0. The molecule has 1 nitrogen and oxygen atoms in total. The molecule has 0 spiro atoms. The van der Waals surface area contributed by atoms with Crippen LogP contribution >= 0.6 is 0 Å². The maximum absolute atomic E-state index is 8.72. The number of hydrogen-bond donors (Lipinski definition) is 1. The van der Waals surface area contributed by atoms with Gasteiger partial charge in [-0.3, -0.25) is 0 Å². The Morgan fingerprint density at radius 1 is 1.18 bits per heavy atom. The highest BCUT2D eigenvalue weighted by molar-refractivity contribution is 4.95. The van der Waals surface area contributed by atoms with Crippen molar-refractivity contribution in [2.45, 2.75) is 52.4 Å².